The minimum absolute atomic E-state index is 0.508. The maximum absolute atomic E-state index is 4.64. The number of nitrogens with one attached hydrogen (secondary N) is 2. The molecular weight excluding hydrogens is 240 g/mol. The van der Waals surface area contributed by atoms with Gasteiger partial charge in [0.05, 0.1) is 11.6 Å². The second-order valence-corrected chi connectivity index (χ2v) is 5.44. The van der Waals surface area contributed by atoms with Crippen LogP contribution >= 0.6 is 0 Å². The molecule has 2 unspecified atom stereocenters. The van der Waals surface area contributed by atoms with Gasteiger partial charge in [-0.05, 0) is 25.7 Å². The highest BCUT2D eigenvalue weighted by Crippen LogP contribution is 2.31. The van der Waals surface area contributed by atoms with Gasteiger partial charge in [0.25, 0.3) is 0 Å². The number of aromatic amines is 1. The molecule has 0 aliphatic carbocycles. The van der Waals surface area contributed by atoms with E-state index in [1.807, 2.05) is 13.2 Å². The molecule has 19 heavy (non-hydrogen) atoms. The molecule has 0 aromatic carbocycles. The second-order valence-electron chi connectivity index (χ2n) is 5.44. The van der Waals surface area contributed by atoms with Crippen molar-refractivity contribution in [1.82, 2.24) is 20.2 Å². The Kier molecular flexibility index (Phi) is 3.00. The molecule has 2 atom stereocenters. The summed E-state index contributed by atoms with van der Waals surface area (Å²) in [6.07, 6.45) is 4.31. The summed E-state index contributed by atoms with van der Waals surface area (Å²) in [6, 6.07) is 0.508. The molecule has 6 heteroatoms. The topological polar surface area (TPSA) is 69.7 Å². The van der Waals surface area contributed by atoms with E-state index in [1.54, 1.807) is 0 Å². The van der Waals surface area contributed by atoms with Crippen molar-refractivity contribution in [3.8, 4) is 0 Å². The highest BCUT2D eigenvalue weighted by atomic mass is 15.3. The van der Waals surface area contributed by atoms with Gasteiger partial charge in [-0.2, -0.15) is 15.1 Å². The largest absolute Gasteiger partial charge is 0.357 e. The number of hydrogen-bond acceptors (Lipinski definition) is 5. The number of H-pyrrole nitrogens is 1. The lowest BCUT2D eigenvalue weighted by molar-refractivity contribution is 0.389. The second kappa shape index (κ2) is 4.68. The maximum atomic E-state index is 4.64. The van der Waals surface area contributed by atoms with Gasteiger partial charge in [-0.3, -0.25) is 5.10 Å². The van der Waals surface area contributed by atoms with Gasteiger partial charge in [0.1, 0.15) is 5.82 Å². The van der Waals surface area contributed by atoms with Gasteiger partial charge in [-0.25, -0.2) is 0 Å². The van der Waals surface area contributed by atoms with E-state index >= 15 is 0 Å². The monoisotopic (exact) mass is 260 g/mol. The Morgan fingerprint density at radius 3 is 2.95 bits per heavy atom. The fraction of sp³-hybridized carbons (Fsp3) is 0.615. The summed E-state index contributed by atoms with van der Waals surface area (Å²) in [5.41, 5.74) is 0.791. The first-order valence-corrected chi connectivity index (χ1v) is 6.84. The molecule has 0 saturated carbocycles. The van der Waals surface area contributed by atoms with Crippen molar-refractivity contribution in [3.63, 3.8) is 0 Å². The zero-order valence-electron chi connectivity index (χ0n) is 11.6. The van der Waals surface area contributed by atoms with Gasteiger partial charge < -0.3 is 10.2 Å². The Balaban J connectivity index is 2.09. The minimum atomic E-state index is 0.508. The van der Waals surface area contributed by atoms with E-state index in [0.717, 1.165) is 23.4 Å². The summed E-state index contributed by atoms with van der Waals surface area (Å²) >= 11 is 0. The third kappa shape index (κ3) is 2.11. The van der Waals surface area contributed by atoms with Crippen LogP contribution in [0.25, 0.3) is 11.0 Å². The molecule has 102 valence electrons. The summed E-state index contributed by atoms with van der Waals surface area (Å²) < 4.78 is 0. The average Bonchev–Trinajstić information content (AvgIpc) is 2.88. The van der Waals surface area contributed by atoms with Crippen LogP contribution in [-0.4, -0.2) is 39.8 Å². The molecule has 1 aliphatic heterocycles. The highest BCUT2D eigenvalue weighted by molar-refractivity contribution is 5.87. The van der Waals surface area contributed by atoms with E-state index in [4.69, 9.17) is 0 Å². The van der Waals surface area contributed by atoms with Crippen LogP contribution in [0.2, 0.25) is 0 Å². The molecule has 1 fully saturated rings. The van der Waals surface area contributed by atoms with E-state index in [1.165, 1.54) is 12.8 Å². The number of hydrogen-bond donors (Lipinski definition) is 2. The number of fused-ring (bicyclic) bond motifs is 1. The fourth-order valence-electron chi connectivity index (χ4n) is 2.73. The molecule has 0 radical (unpaired) electrons. The van der Waals surface area contributed by atoms with Crippen LogP contribution in [0.1, 0.15) is 26.7 Å². The lowest BCUT2D eigenvalue weighted by Gasteiger charge is -2.38. The molecule has 6 nitrogen and oxygen atoms in total. The number of aromatic nitrogens is 4. The predicted octanol–water partition coefficient (Wildman–Crippen LogP) is 2.02. The van der Waals surface area contributed by atoms with Crippen LogP contribution < -0.4 is 10.2 Å². The number of piperidine rings is 1. The van der Waals surface area contributed by atoms with E-state index in [-0.39, 0.29) is 0 Å². The van der Waals surface area contributed by atoms with Gasteiger partial charge in [0, 0.05) is 19.6 Å². The zero-order chi connectivity index (χ0) is 13.4. The van der Waals surface area contributed by atoms with E-state index in [9.17, 15) is 0 Å². The summed E-state index contributed by atoms with van der Waals surface area (Å²) in [5, 5.41) is 11.0. The predicted molar refractivity (Wildman–Crippen MR) is 76.4 cm³/mol. The van der Waals surface area contributed by atoms with Crippen molar-refractivity contribution in [3.05, 3.63) is 6.20 Å². The summed E-state index contributed by atoms with van der Waals surface area (Å²) in [6.45, 7) is 5.60. The Bertz CT molecular complexity index is 578. The third-order valence-electron chi connectivity index (χ3n) is 3.90. The maximum Gasteiger partial charge on any atom is 0.226 e. The SMILES string of the molecule is CNc1nc(N2CC(C)CCC2C)c2cn[nH]c2n1. The minimum Gasteiger partial charge on any atom is -0.357 e. The van der Waals surface area contributed by atoms with Crippen LogP contribution in [0.5, 0.6) is 0 Å². The first-order chi connectivity index (χ1) is 9.19. The van der Waals surface area contributed by atoms with E-state index in [0.29, 0.717) is 17.9 Å². The van der Waals surface area contributed by atoms with Crippen molar-refractivity contribution < 1.29 is 0 Å². The third-order valence-corrected chi connectivity index (χ3v) is 3.90. The molecule has 1 saturated heterocycles. The zero-order valence-corrected chi connectivity index (χ0v) is 11.6. The first-order valence-electron chi connectivity index (χ1n) is 6.84. The smallest absolute Gasteiger partial charge is 0.226 e. The molecule has 0 spiro atoms. The molecule has 2 aromatic rings. The number of rotatable bonds is 2. The van der Waals surface area contributed by atoms with Crippen LogP contribution in [0.15, 0.2) is 6.20 Å². The summed E-state index contributed by atoms with van der Waals surface area (Å²) in [7, 11) is 1.84. The summed E-state index contributed by atoms with van der Waals surface area (Å²) in [5.74, 6) is 2.32. The lowest BCUT2D eigenvalue weighted by atomic mass is 9.95. The van der Waals surface area contributed by atoms with E-state index in [2.05, 4.69) is 44.2 Å². The van der Waals surface area contributed by atoms with Gasteiger partial charge in [-0.15, -0.1) is 0 Å². The van der Waals surface area contributed by atoms with Crippen LogP contribution in [0, 0.1) is 5.92 Å². The highest BCUT2D eigenvalue weighted by Gasteiger charge is 2.26. The van der Waals surface area contributed by atoms with Gasteiger partial charge >= 0.3 is 0 Å². The van der Waals surface area contributed by atoms with Crippen molar-refractivity contribution in [2.75, 3.05) is 23.8 Å². The molecule has 2 N–H and O–H groups in total. The normalized spacial score (nSPS) is 23.8. The molecule has 3 heterocycles. The lowest BCUT2D eigenvalue weighted by Crippen LogP contribution is -2.41. The molecule has 2 aromatic heterocycles. The van der Waals surface area contributed by atoms with Gasteiger partial charge in [-0.1, -0.05) is 6.92 Å². The van der Waals surface area contributed by atoms with E-state index < -0.39 is 0 Å². The Morgan fingerprint density at radius 2 is 2.16 bits per heavy atom. The average molecular weight is 260 g/mol. The standard InChI is InChI=1S/C13H20N6/c1-8-4-5-9(2)19(7-8)12-10-6-15-18-11(10)16-13(14-3)17-12/h6,8-9H,4-5,7H2,1-3H3,(H2,14,15,16,17,18). The quantitative estimate of drug-likeness (QED) is 0.864. The molecular formula is C13H20N6. The Morgan fingerprint density at radius 1 is 1.32 bits per heavy atom. The van der Waals surface area contributed by atoms with Crippen LogP contribution in [0.4, 0.5) is 11.8 Å². The van der Waals surface area contributed by atoms with Gasteiger partial charge in [0.15, 0.2) is 5.65 Å². The fourth-order valence-corrected chi connectivity index (χ4v) is 2.73. The van der Waals surface area contributed by atoms with Crippen molar-refractivity contribution in [2.24, 2.45) is 5.92 Å². The van der Waals surface area contributed by atoms with Gasteiger partial charge in [0.2, 0.25) is 5.95 Å². The molecule has 1 aliphatic rings. The van der Waals surface area contributed by atoms with Crippen molar-refractivity contribution in [1.29, 1.82) is 0 Å². The number of nitrogens with zero attached hydrogens (tertiary/aromatic N) is 4. The number of anilines is 2. The Labute approximate surface area is 112 Å². The van der Waals surface area contributed by atoms with Crippen molar-refractivity contribution >= 4 is 22.8 Å². The molecule has 0 bridgehead atoms. The van der Waals surface area contributed by atoms with Crippen LogP contribution in [0.3, 0.4) is 0 Å². The first kappa shape index (κ1) is 12.2. The molecule has 3 rings (SSSR count). The van der Waals surface area contributed by atoms with Crippen LogP contribution in [-0.2, 0) is 0 Å². The Hall–Kier alpha value is -1.85. The summed E-state index contributed by atoms with van der Waals surface area (Å²) in [4.78, 5) is 11.4. The molecule has 0 amide bonds. The van der Waals surface area contributed by atoms with Crippen molar-refractivity contribution in [2.45, 2.75) is 32.7 Å².